The minimum Gasteiger partial charge on any atom is -0.481 e. The number of hydrogen-bond acceptors (Lipinski definition) is 3. The van der Waals surface area contributed by atoms with Crippen molar-refractivity contribution in [3.05, 3.63) is 22.7 Å². The quantitative estimate of drug-likeness (QED) is 0.702. The average Bonchev–Trinajstić information content (AvgIpc) is 1.96. The zero-order chi connectivity index (χ0) is 9.14. The molecule has 0 unspecified atom stereocenters. The highest BCUT2D eigenvalue weighted by Gasteiger charge is 2.06. The van der Waals surface area contributed by atoms with Crippen LogP contribution in [0.2, 0.25) is 5.28 Å². The number of aliphatic carboxylic acids is 1. The van der Waals surface area contributed by atoms with Crippen LogP contribution in [-0.2, 0) is 11.2 Å². The van der Waals surface area contributed by atoms with Gasteiger partial charge in [-0.3, -0.25) is 4.79 Å². The fraction of sp³-hybridized carbons (Fsp3) is 0.286. The summed E-state index contributed by atoms with van der Waals surface area (Å²) in [5, 5.41) is 8.56. The van der Waals surface area contributed by atoms with Crippen LogP contribution in [-0.4, -0.2) is 21.0 Å². The maximum absolute atomic E-state index is 10.3. The second-order valence-electron chi connectivity index (χ2n) is 2.34. The Morgan fingerprint density at radius 1 is 1.75 bits per heavy atom. The van der Waals surface area contributed by atoms with Gasteiger partial charge in [-0.1, -0.05) is 0 Å². The number of nitrogens with zero attached hydrogens (tertiary/aromatic N) is 2. The number of carboxylic acid groups (broad SMARTS) is 1. The third-order valence-corrected chi connectivity index (χ3v) is 1.55. The smallest absolute Gasteiger partial charge is 0.309 e. The number of aryl methyl sites for hydroxylation is 1. The molecule has 1 N–H and O–H groups in total. The average molecular weight is 187 g/mol. The monoisotopic (exact) mass is 186 g/mol. The first-order valence-electron chi connectivity index (χ1n) is 3.29. The topological polar surface area (TPSA) is 63.1 Å². The number of carbonyl (C=O) groups is 1. The lowest BCUT2D eigenvalue weighted by atomic mass is 10.2. The van der Waals surface area contributed by atoms with Gasteiger partial charge in [0, 0.05) is 6.20 Å². The Morgan fingerprint density at radius 3 is 3.00 bits per heavy atom. The molecule has 4 nitrogen and oxygen atoms in total. The number of carboxylic acids is 1. The second-order valence-corrected chi connectivity index (χ2v) is 2.68. The van der Waals surface area contributed by atoms with Crippen molar-refractivity contribution in [2.45, 2.75) is 13.3 Å². The Balaban J connectivity index is 2.97. The highest BCUT2D eigenvalue weighted by atomic mass is 35.5. The number of hydrogen-bond donors (Lipinski definition) is 1. The van der Waals surface area contributed by atoms with Gasteiger partial charge in [-0.2, -0.15) is 0 Å². The van der Waals surface area contributed by atoms with E-state index in [-0.39, 0.29) is 11.7 Å². The summed E-state index contributed by atoms with van der Waals surface area (Å²) in [7, 11) is 0. The van der Waals surface area contributed by atoms with E-state index in [1.54, 1.807) is 6.92 Å². The zero-order valence-corrected chi connectivity index (χ0v) is 7.17. The summed E-state index contributed by atoms with van der Waals surface area (Å²) >= 11 is 5.49. The zero-order valence-electron chi connectivity index (χ0n) is 6.41. The normalized spacial score (nSPS) is 9.83. The predicted octanol–water partition coefficient (Wildman–Crippen LogP) is 1.07. The molecular weight excluding hydrogens is 180 g/mol. The second kappa shape index (κ2) is 3.49. The molecule has 0 aliphatic carbocycles. The fourth-order valence-corrected chi connectivity index (χ4v) is 0.926. The number of rotatable bonds is 2. The van der Waals surface area contributed by atoms with Crippen LogP contribution in [0.3, 0.4) is 0 Å². The van der Waals surface area contributed by atoms with Gasteiger partial charge in [-0.15, -0.1) is 0 Å². The molecule has 0 spiro atoms. The van der Waals surface area contributed by atoms with Crippen molar-refractivity contribution in [1.29, 1.82) is 0 Å². The molecule has 0 aliphatic heterocycles. The van der Waals surface area contributed by atoms with Crippen LogP contribution in [0.5, 0.6) is 0 Å². The Labute approximate surface area is 74.2 Å². The Hall–Kier alpha value is -1.16. The molecule has 0 radical (unpaired) electrons. The van der Waals surface area contributed by atoms with Crippen LogP contribution < -0.4 is 0 Å². The molecule has 0 bridgehead atoms. The van der Waals surface area contributed by atoms with E-state index in [1.165, 1.54) is 6.20 Å². The summed E-state index contributed by atoms with van der Waals surface area (Å²) in [5.41, 5.74) is 1.20. The Bertz CT molecular complexity index is 314. The summed E-state index contributed by atoms with van der Waals surface area (Å²) in [6.07, 6.45) is 1.39. The van der Waals surface area contributed by atoms with Gasteiger partial charge in [0.1, 0.15) is 0 Å². The molecule has 0 saturated heterocycles. The Morgan fingerprint density at radius 2 is 2.42 bits per heavy atom. The maximum Gasteiger partial charge on any atom is 0.309 e. The molecule has 1 aromatic heterocycles. The third-order valence-electron chi connectivity index (χ3n) is 1.37. The van der Waals surface area contributed by atoms with E-state index >= 15 is 0 Å². The SMILES string of the molecule is Cc1cnc(Cl)nc1CC(=O)O. The van der Waals surface area contributed by atoms with Gasteiger partial charge in [0.15, 0.2) is 0 Å². The van der Waals surface area contributed by atoms with Crippen molar-refractivity contribution < 1.29 is 9.90 Å². The lowest BCUT2D eigenvalue weighted by Crippen LogP contribution is -2.05. The van der Waals surface area contributed by atoms with E-state index in [9.17, 15) is 4.79 Å². The number of aromatic nitrogens is 2. The largest absolute Gasteiger partial charge is 0.481 e. The molecular formula is C7H7ClN2O2. The maximum atomic E-state index is 10.3. The van der Waals surface area contributed by atoms with Crippen molar-refractivity contribution in [1.82, 2.24) is 9.97 Å². The minimum atomic E-state index is -0.923. The summed E-state index contributed by atoms with van der Waals surface area (Å²) in [6, 6.07) is 0. The van der Waals surface area contributed by atoms with Gasteiger partial charge in [-0.25, -0.2) is 9.97 Å². The first kappa shape index (κ1) is 8.93. The van der Waals surface area contributed by atoms with E-state index < -0.39 is 5.97 Å². The molecule has 0 saturated carbocycles. The summed E-state index contributed by atoms with van der Waals surface area (Å²) in [4.78, 5) is 17.8. The van der Waals surface area contributed by atoms with Crippen LogP contribution in [0.4, 0.5) is 0 Å². The van der Waals surface area contributed by atoms with Gasteiger partial charge in [0.25, 0.3) is 0 Å². The van der Waals surface area contributed by atoms with Crippen LogP contribution >= 0.6 is 11.6 Å². The first-order chi connectivity index (χ1) is 5.59. The third kappa shape index (κ3) is 2.17. The summed E-state index contributed by atoms with van der Waals surface area (Å²) in [6.45, 7) is 1.74. The molecule has 12 heavy (non-hydrogen) atoms. The van der Waals surface area contributed by atoms with Gasteiger partial charge < -0.3 is 5.11 Å². The van der Waals surface area contributed by atoms with E-state index in [0.717, 1.165) is 5.56 Å². The molecule has 1 heterocycles. The minimum absolute atomic E-state index is 0.0804. The molecule has 0 amide bonds. The standard InChI is InChI=1S/C7H7ClN2O2/c1-4-3-9-7(8)10-5(4)2-6(11)12/h3H,2H2,1H3,(H,11,12). The van der Waals surface area contributed by atoms with Crippen molar-refractivity contribution in [2.24, 2.45) is 0 Å². The van der Waals surface area contributed by atoms with E-state index in [1.807, 2.05) is 0 Å². The van der Waals surface area contributed by atoms with Gasteiger partial charge >= 0.3 is 5.97 Å². The predicted molar refractivity (Wildman–Crippen MR) is 43.1 cm³/mol. The molecule has 64 valence electrons. The van der Waals surface area contributed by atoms with Gasteiger partial charge in [0.2, 0.25) is 5.28 Å². The number of halogens is 1. The first-order valence-corrected chi connectivity index (χ1v) is 3.67. The summed E-state index contributed by atoms with van der Waals surface area (Å²) in [5.74, 6) is -0.923. The van der Waals surface area contributed by atoms with Crippen molar-refractivity contribution >= 4 is 17.6 Å². The highest BCUT2D eigenvalue weighted by molar-refractivity contribution is 6.28. The van der Waals surface area contributed by atoms with Crippen molar-refractivity contribution in [2.75, 3.05) is 0 Å². The molecule has 0 atom stereocenters. The highest BCUT2D eigenvalue weighted by Crippen LogP contribution is 2.07. The molecule has 1 aromatic rings. The van der Waals surface area contributed by atoms with Crippen LogP contribution in [0.15, 0.2) is 6.20 Å². The lowest BCUT2D eigenvalue weighted by molar-refractivity contribution is -0.136. The van der Waals surface area contributed by atoms with Crippen LogP contribution in [0.25, 0.3) is 0 Å². The molecule has 1 rings (SSSR count). The fourth-order valence-electron chi connectivity index (χ4n) is 0.775. The molecule has 0 aliphatic rings. The van der Waals surface area contributed by atoms with Gasteiger partial charge in [0.05, 0.1) is 12.1 Å². The van der Waals surface area contributed by atoms with Crippen LogP contribution in [0.1, 0.15) is 11.3 Å². The van der Waals surface area contributed by atoms with Crippen molar-refractivity contribution in [3.8, 4) is 0 Å². The molecule has 5 heteroatoms. The molecule has 0 fully saturated rings. The van der Waals surface area contributed by atoms with E-state index in [4.69, 9.17) is 16.7 Å². The van der Waals surface area contributed by atoms with E-state index in [2.05, 4.69) is 9.97 Å². The Kier molecular flexibility index (Phi) is 2.60. The van der Waals surface area contributed by atoms with Crippen molar-refractivity contribution in [3.63, 3.8) is 0 Å². The molecule has 0 aromatic carbocycles. The van der Waals surface area contributed by atoms with Gasteiger partial charge in [-0.05, 0) is 24.1 Å². The van der Waals surface area contributed by atoms with Crippen LogP contribution in [0, 0.1) is 6.92 Å². The van der Waals surface area contributed by atoms with E-state index in [0.29, 0.717) is 5.69 Å². The summed E-state index contributed by atoms with van der Waals surface area (Å²) < 4.78 is 0. The lowest BCUT2D eigenvalue weighted by Gasteiger charge is -2.00.